The van der Waals surface area contributed by atoms with E-state index in [1.165, 1.54) is 44.9 Å². The molecule has 0 aromatic rings. The van der Waals surface area contributed by atoms with Crippen molar-refractivity contribution in [3.05, 3.63) is 0 Å². The fraction of sp³-hybridized carbons (Fsp3) is 0.950. The van der Waals surface area contributed by atoms with E-state index in [2.05, 4.69) is 6.92 Å². The monoisotopic (exact) mass is 378 g/mol. The first-order chi connectivity index (χ1) is 12.8. The van der Waals surface area contributed by atoms with Crippen molar-refractivity contribution >= 4 is 5.97 Å². The van der Waals surface area contributed by atoms with E-state index in [1.807, 2.05) is 0 Å². The molecule has 0 aliphatic carbocycles. The van der Waals surface area contributed by atoms with Crippen molar-refractivity contribution in [3.63, 3.8) is 0 Å². The molecule has 156 valence electrons. The molecule has 0 aromatic heterocycles. The smallest absolute Gasteiger partial charge is 0.305 e. The van der Waals surface area contributed by atoms with Crippen LogP contribution in [0.1, 0.15) is 71.1 Å². The van der Waals surface area contributed by atoms with Gasteiger partial charge in [0.15, 0.2) is 0 Å². The molecule has 0 fully saturated rings. The molecule has 0 aromatic carbocycles. The first-order valence-corrected chi connectivity index (χ1v) is 10.3. The van der Waals surface area contributed by atoms with Gasteiger partial charge in [-0.05, 0) is 6.42 Å². The molecule has 0 bridgehead atoms. The second-order valence-electron chi connectivity index (χ2n) is 6.32. The van der Waals surface area contributed by atoms with Gasteiger partial charge in [-0.1, -0.05) is 58.3 Å². The van der Waals surface area contributed by atoms with Crippen LogP contribution in [0.5, 0.6) is 0 Å². The van der Waals surface area contributed by atoms with Gasteiger partial charge in [0, 0.05) is 6.42 Å². The van der Waals surface area contributed by atoms with Crippen LogP contribution in [0.4, 0.5) is 4.39 Å². The first kappa shape index (κ1) is 25.3. The van der Waals surface area contributed by atoms with Crippen LogP contribution in [-0.4, -0.2) is 58.9 Å². The topological polar surface area (TPSA) is 54.0 Å². The molecule has 5 nitrogen and oxygen atoms in total. The average Bonchev–Trinajstić information content (AvgIpc) is 2.64. The highest BCUT2D eigenvalue weighted by atomic mass is 19.1. The molecular weight excluding hydrogens is 339 g/mol. The predicted molar refractivity (Wildman–Crippen MR) is 101 cm³/mol. The van der Waals surface area contributed by atoms with Gasteiger partial charge >= 0.3 is 5.97 Å². The Kier molecular flexibility index (Phi) is 21.7. The number of carbonyl (C=O) groups excluding carboxylic acids is 1. The van der Waals surface area contributed by atoms with Crippen LogP contribution in [0.2, 0.25) is 0 Å². The Morgan fingerprint density at radius 3 is 1.65 bits per heavy atom. The third-order valence-corrected chi connectivity index (χ3v) is 3.94. The van der Waals surface area contributed by atoms with Crippen LogP contribution in [0, 0.1) is 0 Å². The van der Waals surface area contributed by atoms with Crippen molar-refractivity contribution in [1.82, 2.24) is 0 Å². The zero-order valence-electron chi connectivity index (χ0n) is 16.6. The van der Waals surface area contributed by atoms with Gasteiger partial charge in [0.1, 0.15) is 13.3 Å². The minimum Gasteiger partial charge on any atom is -0.463 e. The number of ether oxygens (including phenoxy) is 4. The lowest BCUT2D eigenvalue weighted by Crippen LogP contribution is -2.14. The summed E-state index contributed by atoms with van der Waals surface area (Å²) in [5, 5.41) is 0. The second kappa shape index (κ2) is 22.3. The van der Waals surface area contributed by atoms with Gasteiger partial charge in [0.2, 0.25) is 0 Å². The SMILES string of the molecule is CCCCCCCCCCCC(=O)OCCOCCOCCOCCF. The highest BCUT2D eigenvalue weighted by molar-refractivity contribution is 5.69. The van der Waals surface area contributed by atoms with E-state index in [0.29, 0.717) is 39.5 Å². The second-order valence-corrected chi connectivity index (χ2v) is 6.32. The summed E-state index contributed by atoms with van der Waals surface area (Å²) in [7, 11) is 0. The number of halogens is 1. The van der Waals surface area contributed by atoms with Crippen LogP contribution >= 0.6 is 0 Å². The lowest BCUT2D eigenvalue weighted by Gasteiger charge is -2.07. The van der Waals surface area contributed by atoms with Crippen molar-refractivity contribution in [3.8, 4) is 0 Å². The molecule has 0 aliphatic heterocycles. The van der Waals surface area contributed by atoms with Crippen LogP contribution in [0.15, 0.2) is 0 Å². The molecule has 26 heavy (non-hydrogen) atoms. The van der Waals surface area contributed by atoms with Crippen LogP contribution in [0.3, 0.4) is 0 Å². The molecule has 0 radical (unpaired) electrons. The summed E-state index contributed by atoms with van der Waals surface area (Å²) >= 11 is 0. The highest BCUT2D eigenvalue weighted by Crippen LogP contribution is 2.10. The van der Waals surface area contributed by atoms with E-state index < -0.39 is 6.67 Å². The molecular formula is C20H39FO5. The Morgan fingerprint density at radius 1 is 0.654 bits per heavy atom. The fourth-order valence-electron chi connectivity index (χ4n) is 2.46. The number of carbonyl (C=O) groups is 1. The minimum atomic E-state index is -0.471. The van der Waals surface area contributed by atoms with Gasteiger partial charge in [0.05, 0.1) is 39.6 Å². The lowest BCUT2D eigenvalue weighted by molar-refractivity contribution is -0.145. The van der Waals surface area contributed by atoms with Gasteiger partial charge in [-0.25, -0.2) is 4.39 Å². The zero-order valence-corrected chi connectivity index (χ0v) is 16.6. The quantitative estimate of drug-likeness (QED) is 0.218. The third-order valence-electron chi connectivity index (χ3n) is 3.94. The standard InChI is InChI=1S/C20H39FO5/c1-2-3-4-5-6-7-8-9-10-11-20(22)26-19-18-25-17-16-24-15-14-23-13-12-21/h2-19H2,1H3. The Hall–Kier alpha value is -0.720. The molecule has 0 amide bonds. The highest BCUT2D eigenvalue weighted by Gasteiger charge is 2.02. The number of alkyl halides is 1. The summed E-state index contributed by atoms with van der Waals surface area (Å²) < 4.78 is 32.3. The summed E-state index contributed by atoms with van der Waals surface area (Å²) in [4.78, 5) is 11.6. The molecule has 0 saturated heterocycles. The largest absolute Gasteiger partial charge is 0.463 e. The molecule has 0 unspecified atom stereocenters. The van der Waals surface area contributed by atoms with Gasteiger partial charge in [-0.2, -0.15) is 0 Å². The van der Waals surface area contributed by atoms with E-state index in [9.17, 15) is 9.18 Å². The number of hydrogen-bond donors (Lipinski definition) is 0. The maximum atomic E-state index is 11.7. The average molecular weight is 379 g/mol. The maximum absolute atomic E-state index is 11.7. The number of rotatable bonds is 21. The summed E-state index contributed by atoms with van der Waals surface area (Å²) in [6.45, 7) is 4.25. The number of esters is 1. The van der Waals surface area contributed by atoms with Crippen LogP contribution in [0.25, 0.3) is 0 Å². The molecule has 0 saturated carbocycles. The Bertz CT molecular complexity index is 289. The number of hydrogen-bond acceptors (Lipinski definition) is 5. The molecule has 6 heteroatoms. The van der Waals surface area contributed by atoms with Crippen molar-refractivity contribution < 1.29 is 28.1 Å². The molecule has 0 N–H and O–H groups in total. The van der Waals surface area contributed by atoms with E-state index in [1.54, 1.807) is 0 Å². The summed E-state index contributed by atoms with van der Waals surface area (Å²) in [5.41, 5.74) is 0. The molecule has 0 aliphatic rings. The number of unbranched alkanes of at least 4 members (excludes halogenated alkanes) is 8. The van der Waals surface area contributed by atoms with Gasteiger partial charge in [0.25, 0.3) is 0 Å². The van der Waals surface area contributed by atoms with Crippen LogP contribution in [-0.2, 0) is 23.7 Å². The maximum Gasteiger partial charge on any atom is 0.305 e. The lowest BCUT2D eigenvalue weighted by atomic mass is 10.1. The molecule has 0 heterocycles. The third kappa shape index (κ3) is 21.3. The molecule has 0 rings (SSSR count). The summed E-state index contributed by atoms with van der Waals surface area (Å²) in [6.07, 6.45) is 11.6. The summed E-state index contributed by atoms with van der Waals surface area (Å²) in [6, 6.07) is 0. The van der Waals surface area contributed by atoms with E-state index >= 15 is 0 Å². The van der Waals surface area contributed by atoms with Crippen LogP contribution < -0.4 is 0 Å². The normalized spacial score (nSPS) is 11.0. The van der Waals surface area contributed by atoms with Crippen molar-refractivity contribution in [2.75, 3.05) is 52.9 Å². The Balaban J connectivity index is 3.13. The zero-order chi connectivity index (χ0) is 19.1. The minimum absolute atomic E-state index is 0.115. The summed E-state index contributed by atoms with van der Waals surface area (Å²) in [5.74, 6) is -0.141. The predicted octanol–water partition coefficient (Wildman–Crippen LogP) is 4.47. The van der Waals surface area contributed by atoms with Crippen molar-refractivity contribution in [2.24, 2.45) is 0 Å². The van der Waals surface area contributed by atoms with Crippen molar-refractivity contribution in [1.29, 1.82) is 0 Å². The van der Waals surface area contributed by atoms with E-state index in [4.69, 9.17) is 18.9 Å². The Morgan fingerprint density at radius 2 is 1.12 bits per heavy atom. The van der Waals surface area contributed by atoms with Gasteiger partial charge in [-0.3, -0.25) is 4.79 Å². The van der Waals surface area contributed by atoms with E-state index in [-0.39, 0.29) is 19.2 Å². The molecule has 0 spiro atoms. The fourth-order valence-corrected chi connectivity index (χ4v) is 2.46. The van der Waals surface area contributed by atoms with E-state index in [0.717, 1.165) is 12.8 Å². The van der Waals surface area contributed by atoms with Crippen molar-refractivity contribution in [2.45, 2.75) is 71.1 Å². The Labute approximate surface area is 158 Å². The van der Waals surface area contributed by atoms with Gasteiger partial charge < -0.3 is 18.9 Å². The first-order valence-electron chi connectivity index (χ1n) is 10.3. The van der Waals surface area contributed by atoms with Gasteiger partial charge in [-0.15, -0.1) is 0 Å². The molecule has 0 atom stereocenters.